The van der Waals surface area contributed by atoms with Crippen LogP contribution in [0.15, 0.2) is 224 Å². The second kappa shape index (κ2) is 15.8. The van der Waals surface area contributed by atoms with Crippen molar-refractivity contribution in [3.8, 4) is 66.8 Å². The predicted octanol–water partition coefficient (Wildman–Crippen LogP) is 17.8. The van der Waals surface area contributed by atoms with E-state index in [-0.39, 0.29) is 0 Å². The SMILES string of the molecule is CCC(C)c1ccc(-c2c3ccccc3c(-c3ccc(-c4c5ccccc5c(-c5c(-c6ccccc6)cccc5-c5ccccc5)c5ccccc45)cc3)c3ccccc23)cc1. The minimum absolute atomic E-state index is 0.542. The van der Waals surface area contributed by atoms with E-state index in [1.54, 1.807) is 0 Å². The molecule has 0 amide bonds. The fourth-order valence-corrected chi connectivity index (χ4v) is 10.0. The number of fused-ring (bicyclic) bond motifs is 4. The van der Waals surface area contributed by atoms with Crippen molar-refractivity contribution in [3.63, 3.8) is 0 Å². The largest absolute Gasteiger partial charge is 0.0648 e. The summed E-state index contributed by atoms with van der Waals surface area (Å²) in [6.07, 6.45) is 1.13. The van der Waals surface area contributed by atoms with Gasteiger partial charge in [-0.05, 0) is 128 Å². The van der Waals surface area contributed by atoms with E-state index in [1.165, 1.54) is 115 Å². The van der Waals surface area contributed by atoms with Gasteiger partial charge in [0.05, 0.1) is 0 Å². The van der Waals surface area contributed by atoms with Gasteiger partial charge >= 0.3 is 0 Å². The van der Waals surface area contributed by atoms with Gasteiger partial charge in [0, 0.05) is 0 Å². The molecule has 11 rings (SSSR count). The van der Waals surface area contributed by atoms with E-state index in [0.717, 1.165) is 6.42 Å². The summed E-state index contributed by atoms with van der Waals surface area (Å²) in [7, 11) is 0. The van der Waals surface area contributed by atoms with Crippen molar-refractivity contribution in [1.82, 2.24) is 0 Å². The third-order valence-electron chi connectivity index (χ3n) is 13.2. The first-order chi connectivity index (χ1) is 30.7. The van der Waals surface area contributed by atoms with Crippen molar-refractivity contribution < 1.29 is 0 Å². The van der Waals surface area contributed by atoms with Gasteiger partial charge in [0.15, 0.2) is 0 Å². The van der Waals surface area contributed by atoms with E-state index in [1.807, 2.05) is 0 Å². The average molecular weight is 791 g/mol. The first-order valence-electron chi connectivity index (χ1n) is 22.0. The molecule has 0 heterocycles. The van der Waals surface area contributed by atoms with E-state index < -0.39 is 0 Å². The number of hydrogen-bond donors (Lipinski definition) is 0. The Kier molecular flexibility index (Phi) is 9.55. The molecular formula is C62H46. The highest BCUT2D eigenvalue weighted by atomic mass is 14.3. The molecule has 11 aromatic carbocycles. The van der Waals surface area contributed by atoms with Crippen molar-refractivity contribution >= 4 is 43.1 Å². The quantitative estimate of drug-likeness (QED) is 0.135. The Balaban J connectivity index is 1.12. The molecule has 294 valence electrons. The lowest BCUT2D eigenvalue weighted by Gasteiger charge is -2.22. The van der Waals surface area contributed by atoms with Crippen LogP contribution in [0.4, 0.5) is 0 Å². The van der Waals surface area contributed by atoms with Gasteiger partial charge in [0.2, 0.25) is 0 Å². The van der Waals surface area contributed by atoms with Gasteiger partial charge in [-0.3, -0.25) is 0 Å². The standard InChI is InChI=1S/C62H46/c1-3-41(2)42-33-35-45(36-34-42)58-50-23-10-12-25-52(50)59(53-26-13-11-24-51(53)58)46-37-39-47(40-38-46)60-54-27-14-16-29-56(54)62(57-30-17-15-28-55(57)60)61-48(43-19-6-4-7-20-43)31-18-32-49(61)44-21-8-5-9-22-44/h4-41H,3H2,1-2H3. The zero-order valence-corrected chi connectivity index (χ0v) is 35.1. The summed E-state index contributed by atoms with van der Waals surface area (Å²) in [5.74, 6) is 0.542. The van der Waals surface area contributed by atoms with Crippen LogP contribution in [0.2, 0.25) is 0 Å². The Morgan fingerprint density at radius 3 is 0.871 bits per heavy atom. The monoisotopic (exact) mass is 790 g/mol. The van der Waals surface area contributed by atoms with Gasteiger partial charge in [0.1, 0.15) is 0 Å². The molecule has 1 unspecified atom stereocenters. The lowest BCUT2D eigenvalue weighted by Crippen LogP contribution is -1.95. The van der Waals surface area contributed by atoms with Crippen LogP contribution in [0.25, 0.3) is 110 Å². The highest BCUT2D eigenvalue weighted by Gasteiger charge is 2.23. The Morgan fingerprint density at radius 1 is 0.258 bits per heavy atom. The van der Waals surface area contributed by atoms with Gasteiger partial charge < -0.3 is 0 Å². The third-order valence-corrected chi connectivity index (χ3v) is 13.2. The van der Waals surface area contributed by atoms with Crippen LogP contribution in [-0.4, -0.2) is 0 Å². The lowest BCUT2D eigenvalue weighted by atomic mass is 9.80. The molecule has 0 saturated carbocycles. The second-order valence-corrected chi connectivity index (χ2v) is 16.7. The molecule has 0 radical (unpaired) electrons. The van der Waals surface area contributed by atoms with E-state index in [0.29, 0.717) is 5.92 Å². The molecule has 0 aliphatic rings. The molecule has 0 aliphatic heterocycles. The maximum absolute atomic E-state index is 2.35. The Labute approximate surface area is 364 Å². The van der Waals surface area contributed by atoms with Crippen molar-refractivity contribution in [2.45, 2.75) is 26.2 Å². The van der Waals surface area contributed by atoms with Crippen LogP contribution < -0.4 is 0 Å². The molecule has 1 atom stereocenters. The van der Waals surface area contributed by atoms with Crippen molar-refractivity contribution in [2.24, 2.45) is 0 Å². The molecular weight excluding hydrogens is 745 g/mol. The molecule has 0 saturated heterocycles. The maximum Gasteiger partial charge on any atom is -0.00139 e. The summed E-state index contributed by atoms with van der Waals surface area (Å²) in [5.41, 5.74) is 16.3. The first-order valence-corrected chi connectivity index (χ1v) is 22.0. The van der Waals surface area contributed by atoms with Crippen LogP contribution in [0.1, 0.15) is 31.7 Å². The van der Waals surface area contributed by atoms with Crippen LogP contribution in [0.5, 0.6) is 0 Å². The van der Waals surface area contributed by atoms with Crippen molar-refractivity contribution in [2.75, 3.05) is 0 Å². The minimum Gasteiger partial charge on any atom is -0.0648 e. The van der Waals surface area contributed by atoms with Crippen LogP contribution in [0.3, 0.4) is 0 Å². The number of benzene rings is 11. The maximum atomic E-state index is 2.35. The van der Waals surface area contributed by atoms with Crippen LogP contribution in [0, 0.1) is 0 Å². The molecule has 0 N–H and O–H groups in total. The molecule has 62 heavy (non-hydrogen) atoms. The molecule has 0 heteroatoms. The van der Waals surface area contributed by atoms with Crippen molar-refractivity contribution in [3.05, 3.63) is 230 Å². The zero-order chi connectivity index (χ0) is 41.6. The number of rotatable bonds is 8. The summed E-state index contributed by atoms with van der Waals surface area (Å²) >= 11 is 0. The van der Waals surface area contributed by atoms with E-state index in [9.17, 15) is 0 Å². The van der Waals surface area contributed by atoms with Crippen LogP contribution >= 0.6 is 0 Å². The second-order valence-electron chi connectivity index (χ2n) is 16.7. The Morgan fingerprint density at radius 2 is 0.548 bits per heavy atom. The highest BCUT2D eigenvalue weighted by molar-refractivity contribution is 6.24. The molecule has 11 aromatic rings. The summed E-state index contributed by atoms with van der Waals surface area (Å²) in [6, 6.07) is 83.2. The van der Waals surface area contributed by atoms with Gasteiger partial charge in [-0.15, -0.1) is 0 Å². The van der Waals surface area contributed by atoms with E-state index >= 15 is 0 Å². The first kappa shape index (κ1) is 37.5. The van der Waals surface area contributed by atoms with E-state index in [2.05, 4.69) is 238 Å². The molecule has 0 aromatic heterocycles. The Bertz CT molecular complexity index is 3240. The van der Waals surface area contributed by atoms with Gasteiger partial charge in [-0.25, -0.2) is 0 Å². The summed E-state index contributed by atoms with van der Waals surface area (Å²) < 4.78 is 0. The summed E-state index contributed by atoms with van der Waals surface area (Å²) in [6.45, 7) is 4.58. The molecule has 0 fully saturated rings. The van der Waals surface area contributed by atoms with Gasteiger partial charge in [-0.2, -0.15) is 0 Å². The lowest BCUT2D eigenvalue weighted by molar-refractivity contribution is 0.734. The number of hydrogen-bond acceptors (Lipinski definition) is 0. The summed E-state index contributed by atoms with van der Waals surface area (Å²) in [5, 5.41) is 10.1. The predicted molar refractivity (Wildman–Crippen MR) is 268 cm³/mol. The Hall–Kier alpha value is -7.54. The normalized spacial score (nSPS) is 12.0. The molecule has 0 aliphatic carbocycles. The zero-order valence-electron chi connectivity index (χ0n) is 35.1. The van der Waals surface area contributed by atoms with E-state index in [4.69, 9.17) is 0 Å². The summed E-state index contributed by atoms with van der Waals surface area (Å²) in [4.78, 5) is 0. The highest BCUT2D eigenvalue weighted by Crippen LogP contribution is 2.50. The van der Waals surface area contributed by atoms with Gasteiger partial charge in [0.25, 0.3) is 0 Å². The minimum atomic E-state index is 0.542. The van der Waals surface area contributed by atoms with Crippen molar-refractivity contribution in [1.29, 1.82) is 0 Å². The fourth-order valence-electron chi connectivity index (χ4n) is 10.0. The average Bonchev–Trinajstić information content (AvgIpc) is 3.35. The smallest absolute Gasteiger partial charge is 0.00139 e. The third kappa shape index (κ3) is 6.30. The molecule has 0 nitrogen and oxygen atoms in total. The molecule has 0 spiro atoms. The topological polar surface area (TPSA) is 0 Å². The fraction of sp³-hybridized carbons (Fsp3) is 0.0645. The van der Waals surface area contributed by atoms with Gasteiger partial charge in [-0.1, -0.05) is 238 Å². The molecule has 0 bridgehead atoms. The van der Waals surface area contributed by atoms with Crippen LogP contribution in [-0.2, 0) is 0 Å².